The zero-order valence-corrected chi connectivity index (χ0v) is 29.4. The molecule has 7 rings (SSSR count). The lowest BCUT2D eigenvalue weighted by Gasteiger charge is -2.65. The topological polar surface area (TPSA) is 231 Å². The summed E-state index contributed by atoms with van der Waals surface area (Å²) >= 11 is 0. The molecule has 7 N–H and O–H groups in total. The summed E-state index contributed by atoms with van der Waals surface area (Å²) in [5, 5.41) is 76.7. The molecule has 2 saturated heterocycles. The molecule has 18 atom stereocenters. The van der Waals surface area contributed by atoms with Crippen LogP contribution in [0.2, 0.25) is 0 Å². The van der Waals surface area contributed by atoms with Crippen LogP contribution in [0.3, 0.4) is 0 Å². The van der Waals surface area contributed by atoms with Gasteiger partial charge in [0.1, 0.15) is 55.6 Å². The Labute approximate surface area is 296 Å². The van der Waals surface area contributed by atoms with E-state index in [0.717, 1.165) is 18.3 Å². The Morgan fingerprint density at radius 1 is 0.882 bits per heavy atom. The number of rotatable bonds is 8. The first-order chi connectivity index (χ1) is 24.2. The second kappa shape index (κ2) is 13.6. The molecule has 0 aromatic rings. The smallest absolute Gasteiger partial charge is 0.331 e. The van der Waals surface area contributed by atoms with Crippen LogP contribution >= 0.6 is 0 Å². The van der Waals surface area contributed by atoms with Crippen LogP contribution in [0.1, 0.15) is 71.6 Å². The van der Waals surface area contributed by atoms with Gasteiger partial charge in [0.25, 0.3) is 0 Å². The van der Waals surface area contributed by atoms with Crippen LogP contribution in [-0.4, -0.2) is 147 Å². The molecule has 4 aliphatic carbocycles. The van der Waals surface area contributed by atoms with Gasteiger partial charge in [-0.3, -0.25) is 0 Å². The van der Waals surface area contributed by atoms with Crippen molar-refractivity contribution in [2.24, 2.45) is 28.6 Å². The number of esters is 1. The predicted molar refractivity (Wildman–Crippen MR) is 172 cm³/mol. The molecule has 0 radical (unpaired) electrons. The van der Waals surface area contributed by atoms with Gasteiger partial charge < -0.3 is 69.0 Å². The summed E-state index contributed by atoms with van der Waals surface area (Å²) in [7, 11) is 1.36. The van der Waals surface area contributed by atoms with Gasteiger partial charge in [-0.05, 0) is 81.6 Å². The summed E-state index contributed by atoms with van der Waals surface area (Å²) in [5.41, 5.74) is -3.11. The minimum atomic E-state index is -1.66. The molecule has 0 aromatic heterocycles. The molecule has 0 aromatic carbocycles. The average Bonchev–Trinajstić information content (AvgIpc) is 3.65. The van der Waals surface area contributed by atoms with Gasteiger partial charge >= 0.3 is 5.97 Å². The molecular formula is C36H54O15. The fraction of sp³-hybridized carbons (Fsp3) is 0.889. The van der Waals surface area contributed by atoms with E-state index in [9.17, 15) is 45.3 Å². The van der Waals surface area contributed by atoms with Gasteiger partial charge in [0.05, 0.1) is 35.4 Å². The highest BCUT2D eigenvalue weighted by molar-refractivity contribution is 5.85. The predicted octanol–water partition coefficient (Wildman–Crippen LogP) is -0.772. The molecule has 4 saturated carbocycles. The number of aliphatic hydroxyl groups excluding tert-OH is 5. The van der Waals surface area contributed by atoms with Gasteiger partial charge in [-0.2, -0.15) is 0 Å². The molecule has 3 aliphatic heterocycles. The summed E-state index contributed by atoms with van der Waals surface area (Å²) in [6, 6.07) is 0. The Morgan fingerprint density at radius 2 is 1.61 bits per heavy atom. The van der Waals surface area contributed by atoms with E-state index >= 15 is 0 Å². The Hall–Kier alpha value is -1.60. The van der Waals surface area contributed by atoms with Crippen LogP contribution in [0.4, 0.5) is 0 Å². The van der Waals surface area contributed by atoms with Crippen LogP contribution in [0.5, 0.6) is 0 Å². The second-order valence-electron chi connectivity index (χ2n) is 16.4. The normalized spacial score (nSPS) is 54.2. The van der Waals surface area contributed by atoms with Crippen LogP contribution in [0.25, 0.3) is 0 Å². The summed E-state index contributed by atoms with van der Waals surface area (Å²) in [6.45, 7) is 3.37. The van der Waals surface area contributed by atoms with Crippen LogP contribution in [-0.2, 0) is 38.0 Å². The lowest BCUT2D eigenvalue weighted by Crippen LogP contribution is -2.69. The Balaban J connectivity index is 1.03. The van der Waals surface area contributed by atoms with E-state index in [-0.39, 0.29) is 36.8 Å². The first-order valence-corrected chi connectivity index (χ1v) is 18.4. The van der Waals surface area contributed by atoms with E-state index in [1.165, 1.54) is 7.11 Å². The van der Waals surface area contributed by atoms with Gasteiger partial charge in [-0.1, -0.05) is 6.92 Å². The van der Waals surface area contributed by atoms with Crippen molar-refractivity contribution in [3.8, 4) is 0 Å². The van der Waals surface area contributed by atoms with Crippen molar-refractivity contribution in [1.82, 2.24) is 0 Å². The minimum Gasteiger partial charge on any atom is -0.458 e. The van der Waals surface area contributed by atoms with Crippen LogP contribution in [0.15, 0.2) is 11.6 Å². The highest BCUT2D eigenvalue weighted by atomic mass is 16.7. The third-order valence-electron chi connectivity index (χ3n) is 14.3. The van der Waals surface area contributed by atoms with E-state index in [0.29, 0.717) is 44.9 Å². The first kappa shape index (κ1) is 37.7. The van der Waals surface area contributed by atoms with E-state index in [2.05, 4.69) is 6.92 Å². The number of ether oxygens (including phenoxy) is 6. The molecular weight excluding hydrogens is 672 g/mol. The van der Waals surface area contributed by atoms with Crippen molar-refractivity contribution in [3.63, 3.8) is 0 Å². The van der Waals surface area contributed by atoms with E-state index in [1.807, 2.05) is 0 Å². The number of hydrogen-bond acceptors (Lipinski definition) is 15. The lowest BCUT2D eigenvalue weighted by molar-refractivity contribution is -0.363. The van der Waals surface area contributed by atoms with Crippen LogP contribution < -0.4 is 0 Å². The van der Waals surface area contributed by atoms with Gasteiger partial charge in [-0.15, -0.1) is 0 Å². The highest BCUT2D eigenvalue weighted by Crippen LogP contribution is 2.70. The number of aldehydes is 1. The first-order valence-electron chi connectivity index (χ1n) is 18.4. The second-order valence-corrected chi connectivity index (χ2v) is 16.4. The van der Waals surface area contributed by atoms with Gasteiger partial charge in [0, 0.05) is 25.0 Å². The van der Waals surface area contributed by atoms with Gasteiger partial charge in [0.15, 0.2) is 12.6 Å². The zero-order valence-electron chi connectivity index (χ0n) is 29.4. The summed E-state index contributed by atoms with van der Waals surface area (Å²) in [6.07, 6.45) is -6.79. The number of cyclic esters (lactones) is 1. The quantitative estimate of drug-likeness (QED) is 0.0925. The van der Waals surface area contributed by atoms with Crippen LogP contribution in [0, 0.1) is 28.6 Å². The lowest BCUT2D eigenvalue weighted by atomic mass is 9.41. The number of carbonyl (C=O) groups is 2. The number of fused-ring (bicyclic) bond motifs is 5. The maximum Gasteiger partial charge on any atom is 0.331 e. The van der Waals surface area contributed by atoms with Gasteiger partial charge in [-0.25, -0.2) is 4.79 Å². The standard InChI is InChI=1S/C36H54O15/c1-17-29(51-31-27(42)26(41)25(40)23(14-37)50-31)30(46-3)28(43)32(48-17)49-19-4-9-34(16-38)21-5-8-33(2)20(18-12-24(39)47-15-18)7-11-36(33,45)22(21)6-10-35(34,44)13-19/h12,16-17,19-23,25-32,37,40-45H,4-11,13-15H2,1-3H3/t17-,19+,20?,21?,22?,23-,25-,26+,27-,28-,29-,30+,31+,32+,33-,34+,35+,36+/m1/s1. The molecule has 3 heterocycles. The molecule has 0 amide bonds. The molecule has 3 unspecified atom stereocenters. The fourth-order valence-electron chi connectivity index (χ4n) is 11.5. The largest absolute Gasteiger partial charge is 0.458 e. The molecule has 51 heavy (non-hydrogen) atoms. The van der Waals surface area contributed by atoms with E-state index in [1.54, 1.807) is 13.0 Å². The van der Waals surface area contributed by atoms with Crippen molar-refractivity contribution in [3.05, 3.63) is 11.6 Å². The maximum absolute atomic E-state index is 13.2. The molecule has 7 aliphatic rings. The van der Waals surface area contributed by atoms with Crippen molar-refractivity contribution < 1.29 is 73.8 Å². The SMILES string of the molecule is CO[C@H]1[C@@H](O)[C@H](O[C@H]2CC[C@]3(C=O)C4CC[C@]5(C)C(C6=CC(=O)OC6)CC[C@]5(O)C4CC[C@]3(O)C2)O[C@H](C)[C@H]1O[C@@H]1O[C@H](CO)[C@@H](O)[C@H](O)[C@H]1O. The Bertz CT molecular complexity index is 1360. The third kappa shape index (κ3) is 5.68. The average molecular weight is 727 g/mol. The number of methoxy groups -OCH3 is 1. The summed E-state index contributed by atoms with van der Waals surface area (Å²) in [4.78, 5) is 25.1. The molecule has 0 spiro atoms. The third-order valence-corrected chi connectivity index (χ3v) is 14.3. The van der Waals surface area contributed by atoms with Gasteiger partial charge in [0.2, 0.25) is 0 Å². The number of aliphatic hydroxyl groups is 7. The summed E-state index contributed by atoms with van der Waals surface area (Å²) < 4.78 is 34.6. The maximum atomic E-state index is 13.2. The van der Waals surface area contributed by atoms with Crippen molar-refractivity contribution in [2.45, 2.75) is 150 Å². The Morgan fingerprint density at radius 3 is 2.27 bits per heavy atom. The molecule has 15 nitrogen and oxygen atoms in total. The zero-order chi connectivity index (χ0) is 36.7. The van der Waals surface area contributed by atoms with E-state index < -0.39 is 96.2 Å². The van der Waals surface area contributed by atoms with E-state index in [4.69, 9.17) is 28.4 Å². The number of carbonyl (C=O) groups excluding carboxylic acids is 2. The minimum absolute atomic E-state index is 0.00877. The molecule has 6 fully saturated rings. The highest BCUT2D eigenvalue weighted by Gasteiger charge is 2.71. The summed E-state index contributed by atoms with van der Waals surface area (Å²) in [5.74, 6) is -0.777. The molecule has 15 heteroatoms. The fourth-order valence-corrected chi connectivity index (χ4v) is 11.5. The van der Waals surface area contributed by atoms with Crippen molar-refractivity contribution >= 4 is 12.3 Å². The molecule has 288 valence electrons. The number of hydrogen-bond donors (Lipinski definition) is 7. The van der Waals surface area contributed by atoms with Crippen molar-refractivity contribution in [1.29, 1.82) is 0 Å². The molecule has 0 bridgehead atoms. The monoisotopic (exact) mass is 726 g/mol. The van der Waals surface area contributed by atoms with Crippen molar-refractivity contribution in [2.75, 3.05) is 20.3 Å². The Kier molecular flexibility index (Phi) is 10.1.